The number of nitrogens with one attached hydrogen (secondary N) is 1. The van der Waals surface area contributed by atoms with Crippen LogP contribution in [0, 0.1) is 11.8 Å². The summed E-state index contributed by atoms with van der Waals surface area (Å²) in [6, 6.07) is 10.7. The Morgan fingerprint density at radius 3 is 2.38 bits per heavy atom. The second-order valence-corrected chi connectivity index (χ2v) is 8.00. The fourth-order valence-electron chi connectivity index (χ4n) is 3.63. The van der Waals surface area contributed by atoms with Crippen LogP contribution >= 0.6 is 15.9 Å². The van der Waals surface area contributed by atoms with Gasteiger partial charge in [-0.15, -0.1) is 0 Å². The molecule has 0 radical (unpaired) electrons. The van der Waals surface area contributed by atoms with Gasteiger partial charge in [0.2, 0.25) is 0 Å². The Labute approximate surface area is 137 Å². The number of piperazine rings is 1. The van der Waals surface area contributed by atoms with Crippen LogP contribution in [0.2, 0.25) is 0 Å². The van der Waals surface area contributed by atoms with Crippen molar-refractivity contribution in [2.75, 3.05) is 13.1 Å². The van der Waals surface area contributed by atoms with Crippen LogP contribution in [-0.4, -0.2) is 30.1 Å². The molecule has 116 valence electrons. The Kier molecular flexibility index (Phi) is 4.72. The summed E-state index contributed by atoms with van der Waals surface area (Å²) in [4.78, 5) is 2.74. The Hall–Kier alpha value is -0.380. The molecule has 0 aromatic heterocycles. The minimum absolute atomic E-state index is 0.494. The molecule has 2 nitrogen and oxygen atoms in total. The van der Waals surface area contributed by atoms with Crippen LogP contribution < -0.4 is 5.32 Å². The summed E-state index contributed by atoms with van der Waals surface area (Å²) in [6.45, 7) is 9.41. The molecular formula is C18H27BrN2. The van der Waals surface area contributed by atoms with Gasteiger partial charge >= 0.3 is 0 Å². The third-order valence-corrected chi connectivity index (χ3v) is 5.76. The van der Waals surface area contributed by atoms with Gasteiger partial charge in [0.25, 0.3) is 0 Å². The first-order valence-electron chi connectivity index (χ1n) is 8.31. The fourth-order valence-corrected chi connectivity index (χ4v) is 3.89. The first-order valence-corrected chi connectivity index (χ1v) is 9.10. The highest BCUT2D eigenvalue weighted by Crippen LogP contribution is 2.37. The predicted octanol–water partition coefficient (Wildman–Crippen LogP) is 4.22. The van der Waals surface area contributed by atoms with E-state index in [0.717, 1.165) is 16.9 Å². The third-order valence-electron chi connectivity index (χ3n) is 5.23. The molecule has 3 atom stereocenters. The van der Waals surface area contributed by atoms with E-state index in [9.17, 15) is 0 Å². The molecule has 2 aliphatic rings. The molecule has 21 heavy (non-hydrogen) atoms. The highest BCUT2D eigenvalue weighted by Gasteiger charge is 2.39. The number of benzene rings is 1. The SMILES string of the molecule is CC(C)C1CNC(C2CC2)CN1C(C)c1ccc(Br)cc1. The van der Waals surface area contributed by atoms with Gasteiger partial charge < -0.3 is 5.32 Å². The number of hydrogen-bond acceptors (Lipinski definition) is 2. The summed E-state index contributed by atoms with van der Waals surface area (Å²) in [7, 11) is 0. The summed E-state index contributed by atoms with van der Waals surface area (Å²) >= 11 is 3.54. The van der Waals surface area contributed by atoms with Gasteiger partial charge in [-0.2, -0.15) is 0 Å². The second kappa shape index (κ2) is 6.39. The summed E-state index contributed by atoms with van der Waals surface area (Å²) in [5.41, 5.74) is 1.43. The van der Waals surface area contributed by atoms with Crippen molar-refractivity contribution < 1.29 is 0 Å². The molecule has 0 spiro atoms. The topological polar surface area (TPSA) is 15.3 Å². The van der Waals surface area contributed by atoms with Crippen LogP contribution in [-0.2, 0) is 0 Å². The van der Waals surface area contributed by atoms with Crippen molar-refractivity contribution in [1.82, 2.24) is 10.2 Å². The molecule has 1 aromatic rings. The van der Waals surface area contributed by atoms with E-state index < -0.39 is 0 Å². The summed E-state index contributed by atoms with van der Waals surface area (Å²) in [6.07, 6.45) is 2.84. The molecule has 1 N–H and O–H groups in total. The van der Waals surface area contributed by atoms with Crippen molar-refractivity contribution in [3.05, 3.63) is 34.3 Å². The lowest BCUT2D eigenvalue weighted by Crippen LogP contribution is -2.59. The van der Waals surface area contributed by atoms with E-state index in [1.54, 1.807) is 0 Å². The maximum atomic E-state index is 3.81. The summed E-state index contributed by atoms with van der Waals surface area (Å²) in [5.74, 6) is 1.62. The molecule has 1 aliphatic carbocycles. The van der Waals surface area contributed by atoms with Gasteiger partial charge in [0.05, 0.1) is 0 Å². The monoisotopic (exact) mass is 350 g/mol. The quantitative estimate of drug-likeness (QED) is 0.874. The van der Waals surface area contributed by atoms with Crippen molar-refractivity contribution in [3.8, 4) is 0 Å². The van der Waals surface area contributed by atoms with Crippen LogP contribution in [0.4, 0.5) is 0 Å². The van der Waals surface area contributed by atoms with Crippen molar-refractivity contribution in [2.45, 2.75) is 51.7 Å². The zero-order valence-electron chi connectivity index (χ0n) is 13.3. The van der Waals surface area contributed by atoms with Crippen molar-refractivity contribution in [2.24, 2.45) is 11.8 Å². The van der Waals surface area contributed by atoms with E-state index in [2.05, 4.69) is 71.2 Å². The third kappa shape index (κ3) is 3.52. The maximum Gasteiger partial charge on any atom is 0.0324 e. The lowest BCUT2D eigenvalue weighted by molar-refractivity contribution is 0.0569. The highest BCUT2D eigenvalue weighted by atomic mass is 79.9. The van der Waals surface area contributed by atoms with E-state index in [4.69, 9.17) is 0 Å². The predicted molar refractivity (Wildman–Crippen MR) is 92.4 cm³/mol. The van der Waals surface area contributed by atoms with Gasteiger partial charge in [-0.3, -0.25) is 4.90 Å². The van der Waals surface area contributed by atoms with Gasteiger partial charge in [0.15, 0.2) is 0 Å². The zero-order chi connectivity index (χ0) is 15.0. The molecule has 2 fully saturated rings. The number of nitrogens with zero attached hydrogens (tertiary/aromatic N) is 1. The Bertz CT molecular complexity index is 467. The van der Waals surface area contributed by atoms with Crippen LogP contribution in [0.15, 0.2) is 28.7 Å². The number of halogens is 1. The molecule has 3 unspecified atom stereocenters. The summed E-state index contributed by atoms with van der Waals surface area (Å²) < 4.78 is 1.16. The van der Waals surface area contributed by atoms with Gasteiger partial charge in [0.1, 0.15) is 0 Å². The summed E-state index contributed by atoms with van der Waals surface area (Å²) in [5, 5.41) is 3.81. The molecule has 1 aliphatic heterocycles. The van der Waals surface area contributed by atoms with E-state index in [1.807, 2.05) is 0 Å². The molecule has 1 saturated heterocycles. The van der Waals surface area contributed by atoms with Gasteiger partial charge in [-0.25, -0.2) is 0 Å². The van der Waals surface area contributed by atoms with E-state index >= 15 is 0 Å². The van der Waals surface area contributed by atoms with Crippen LogP contribution in [0.1, 0.15) is 45.2 Å². The molecule has 0 bridgehead atoms. The lowest BCUT2D eigenvalue weighted by atomic mass is 9.93. The molecule has 3 heteroatoms. The lowest BCUT2D eigenvalue weighted by Gasteiger charge is -2.46. The molecule has 0 amide bonds. The first kappa shape index (κ1) is 15.5. The minimum Gasteiger partial charge on any atom is -0.311 e. The Balaban J connectivity index is 1.78. The molecule has 1 aromatic carbocycles. The Morgan fingerprint density at radius 1 is 1.14 bits per heavy atom. The average Bonchev–Trinajstić information content (AvgIpc) is 3.31. The fraction of sp³-hybridized carbons (Fsp3) is 0.667. The van der Waals surface area contributed by atoms with Gasteiger partial charge in [-0.1, -0.05) is 41.9 Å². The van der Waals surface area contributed by atoms with E-state index in [1.165, 1.54) is 24.9 Å². The maximum absolute atomic E-state index is 3.81. The van der Waals surface area contributed by atoms with Crippen LogP contribution in [0.5, 0.6) is 0 Å². The molecular weight excluding hydrogens is 324 g/mol. The van der Waals surface area contributed by atoms with E-state index in [-0.39, 0.29) is 0 Å². The molecule has 1 heterocycles. The largest absolute Gasteiger partial charge is 0.311 e. The minimum atomic E-state index is 0.494. The highest BCUT2D eigenvalue weighted by molar-refractivity contribution is 9.10. The number of rotatable bonds is 4. The second-order valence-electron chi connectivity index (χ2n) is 7.09. The smallest absolute Gasteiger partial charge is 0.0324 e. The zero-order valence-corrected chi connectivity index (χ0v) is 14.9. The average molecular weight is 351 g/mol. The van der Waals surface area contributed by atoms with Gasteiger partial charge in [0, 0.05) is 35.7 Å². The molecule has 3 rings (SSSR count). The normalized spacial score (nSPS) is 28.8. The molecule has 1 saturated carbocycles. The van der Waals surface area contributed by atoms with E-state index in [0.29, 0.717) is 24.0 Å². The van der Waals surface area contributed by atoms with Crippen molar-refractivity contribution in [1.29, 1.82) is 0 Å². The van der Waals surface area contributed by atoms with Crippen LogP contribution in [0.25, 0.3) is 0 Å². The van der Waals surface area contributed by atoms with Crippen LogP contribution in [0.3, 0.4) is 0 Å². The first-order chi connectivity index (χ1) is 10.1. The van der Waals surface area contributed by atoms with Gasteiger partial charge in [-0.05, 0) is 49.3 Å². The standard InChI is InChI=1S/C18H27BrN2/c1-12(2)18-10-20-17(15-4-5-15)11-21(18)13(3)14-6-8-16(19)9-7-14/h6-9,12-13,15,17-18,20H,4-5,10-11H2,1-3H3. The van der Waals surface area contributed by atoms with Crippen molar-refractivity contribution >= 4 is 15.9 Å². The Morgan fingerprint density at radius 2 is 1.81 bits per heavy atom. The number of hydrogen-bond donors (Lipinski definition) is 1. The van der Waals surface area contributed by atoms with Crippen molar-refractivity contribution in [3.63, 3.8) is 0 Å².